The molecule has 0 saturated carbocycles. The number of hydrogen-bond acceptors (Lipinski definition) is 2. The predicted molar refractivity (Wildman–Crippen MR) is 55.7 cm³/mol. The van der Waals surface area contributed by atoms with Crippen LogP contribution in [0.2, 0.25) is 0 Å². The molecule has 13 heavy (non-hydrogen) atoms. The highest BCUT2D eigenvalue weighted by molar-refractivity contribution is 5.75. The number of hydrogen-bond donors (Lipinski definition) is 2. The lowest BCUT2D eigenvalue weighted by atomic mass is 10.1. The second-order valence-electron chi connectivity index (χ2n) is 2.63. The molecule has 1 atom stereocenters. The van der Waals surface area contributed by atoms with E-state index in [1.54, 1.807) is 0 Å². The predicted octanol–water partition coefficient (Wildman–Crippen LogP) is -0.543. The Kier molecular flexibility index (Phi) is 5.40. The molecule has 0 aliphatic heterocycles. The molecule has 0 radical (unpaired) electrons. The van der Waals surface area contributed by atoms with Crippen molar-refractivity contribution in [2.75, 3.05) is 0 Å². The Labute approximate surface area is 87.7 Å². The van der Waals surface area contributed by atoms with Gasteiger partial charge in [0.1, 0.15) is 6.04 Å². The van der Waals surface area contributed by atoms with E-state index in [2.05, 4.69) is 0 Å². The van der Waals surface area contributed by atoms with E-state index in [1.165, 1.54) is 0 Å². The Bertz CT molecular complexity index is 264. The van der Waals surface area contributed by atoms with Crippen LogP contribution >= 0.6 is 0 Å². The average Bonchev–Trinajstić information content (AvgIpc) is 2.06. The van der Waals surface area contributed by atoms with Crippen LogP contribution in [-0.4, -0.2) is 34.5 Å². The Hall–Kier alpha value is -0.818. The molecular weight excluding hydrogens is 181 g/mol. The van der Waals surface area contributed by atoms with Gasteiger partial charge in [0.15, 0.2) is 17.4 Å². The van der Waals surface area contributed by atoms with Gasteiger partial charge in [0, 0.05) is 0 Å². The third-order valence-electron chi connectivity index (χ3n) is 1.62. The first kappa shape index (κ1) is 12.2. The van der Waals surface area contributed by atoms with Gasteiger partial charge in [0.05, 0.1) is 0 Å². The number of nitrogens with two attached hydrogens (primary N) is 1. The lowest BCUT2D eigenvalue weighted by Gasteiger charge is -2.04. The van der Waals surface area contributed by atoms with Crippen LogP contribution < -0.4 is 5.73 Å². The van der Waals surface area contributed by atoms with Crippen LogP contribution in [-0.2, 0) is 11.2 Å². The van der Waals surface area contributed by atoms with E-state index in [9.17, 15) is 4.79 Å². The molecular formula is C9H14AlNO2. The largest absolute Gasteiger partial charge is 0.480 e. The Morgan fingerprint density at radius 2 is 1.92 bits per heavy atom. The first-order valence-electron chi connectivity index (χ1n) is 3.72. The molecule has 0 amide bonds. The summed E-state index contributed by atoms with van der Waals surface area (Å²) in [6, 6.07) is 8.54. The standard InChI is InChI=1S/C9H11NO2.Al.3H/c10-8(9(11)12)6-7-4-2-1-3-5-7;;;;/h1-5,8H,6,10H2,(H,11,12);;;;/t8-;;;;/m0..../s1. The molecule has 0 bridgehead atoms. The van der Waals surface area contributed by atoms with Crippen molar-refractivity contribution in [1.29, 1.82) is 0 Å². The van der Waals surface area contributed by atoms with Gasteiger partial charge in [0.2, 0.25) is 0 Å². The summed E-state index contributed by atoms with van der Waals surface area (Å²) in [7, 11) is 0. The molecule has 0 unspecified atom stereocenters. The van der Waals surface area contributed by atoms with Gasteiger partial charge < -0.3 is 10.8 Å². The second kappa shape index (κ2) is 5.76. The number of carboxylic acids is 1. The second-order valence-corrected chi connectivity index (χ2v) is 2.63. The molecule has 0 aliphatic carbocycles. The summed E-state index contributed by atoms with van der Waals surface area (Å²) in [5, 5.41) is 8.52. The zero-order valence-electron chi connectivity index (χ0n) is 6.60. The fraction of sp³-hybridized carbons (Fsp3) is 0.222. The molecule has 0 aliphatic rings. The number of aliphatic carboxylic acids is 1. The van der Waals surface area contributed by atoms with Crippen LogP contribution in [0, 0.1) is 0 Å². The Balaban J connectivity index is 0.00000144. The van der Waals surface area contributed by atoms with Gasteiger partial charge >= 0.3 is 5.97 Å². The van der Waals surface area contributed by atoms with Crippen LogP contribution in [0.3, 0.4) is 0 Å². The van der Waals surface area contributed by atoms with E-state index in [4.69, 9.17) is 10.8 Å². The van der Waals surface area contributed by atoms with Crippen molar-refractivity contribution in [2.24, 2.45) is 5.73 Å². The zero-order chi connectivity index (χ0) is 8.97. The van der Waals surface area contributed by atoms with E-state index < -0.39 is 12.0 Å². The van der Waals surface area contributed by atoms with E-state index in [1.807, 2.05) is 30.3 Å². The third kappa shape index (κ3) is 4.09. The first-order chi connectivity index (χ1) is 5.70. The molecule has 0 saturated heterocycles. The highest BCUT2D eigenvalue weighted by Crippen LogP contribution is 2.01. The molecule has 0 fully saturated rings. The van der Waals surface area contributed by atoms with Gasteiger partial charge in [-0.3, -0.25) is 4.79 Å². The normalized spacial score (nSPS) is 11.5. The van der Waals surface area contributed by atoms with Crippen molar-refractivity contribution in [3.05, 3.63) is 35.9 Å². The minimum Gasteiger partial charge on any atom is -0.480 e. The minimum absolute atomic E-state index is 0. The van der Waals surface area contributed by atoms with Crippen molar-refractivity contribution in [1.82, 2.24) is 0 Å². The summed E-state index contributed by atoms with van der Waals surface area (Å²) in [4.78, 5) is 10.4. The number of carboxylic acid groups (broad SMARTS) is 1. The fourth-order valence-corrected chi connectivity index (χ4v) is 0.955. The first-order valence-corrected chi connectivity index (χ1v) is 3.72. The third-order valence-corrected chi connectivity index (χ3v) is 1.62. The van der Waals surface area contributed by atoms with Crippen molar-refractivity contribution in [3.63, 3.8) is 0 Å². The van der Waals surface area contributed by atoms with Crippen LogP contribution in [0.4, 0.5) is 0 Å². The molecule has 1 aromatic carbocycles. The molecule has 0 spiro atoms. The molecule has 4 heteroatoms. The molecule has 0 heterocycles. The summed E-state index contributed by atoms with van der Waals surface area (Å²) < 4.78 is 0. The lowest BCUT2D eigenvalue weighted by Crippen LogP contribution is -2.32. The number of benzene rings is 1. The van der Waals surface area contributed by atoms with Crippen molar-refractivity contribution >= 4 is 23.3 Å². The monoisotopic (exact) mass is 195 g/mol. The summed E-state index contributed by atoms with van der Waals surface area (Å²) in [6.07, 6.45) is 0.385. The summed E-state index contributed by atoms with van der Waals surface area (Å²) in [5.74, 6) is -0.959. The highest BCUT2D eigenvalue weighted by atomic mass is 27.0. The van der Waals surface area contributed by atoms with Crippen molar-refractivity contribution < 1.29 is 9.90 Å². The zero-order valence-corrected chi connectivity index (χ0v) is 6.60. The lowest BCUT2D eigenvalue weighted by molar-refractivity contribution is -0.138. The van der Waals surface area contributed by atoms with E-state index in [0.717, 1.165) is 5.56 Å². The van der Waals surface area contributed by atoms with Gasteiger partial charge in [-0.2, -0.15) is 0 Å². The van der Waals surface area contributed by atoms with Crippen molar-refractivity contribution in [3.8, 4) is 0 Å². The molecule has 70 valence electrons. The van der Waals surface area contributed by atoms with Gasteiger partial charge in [-0.25, -0.2) is 0 Å². The van der Waals surface area contributed by atoms with Gasteiger partial charge in [0.25, 0.3) is 0 Å². The van der Waals surface area contributed by atoms with Gasteiger partial charge in [-0.1, -0.05) is 30.3 Å². The van der Waals surface area contributed by atoms with E-state index >= 15 is 0 Å². The molecule has 0 aromatic heterocycles. The van der Waals surface area contributed by atoms with Gasteiger partial charge in [-0.05, 0) is 12.0 Å². The maximum Gasteiger partial charge on any atom is 0.320 e. The quantitative estimate of drug-likeness (QED) is 0.636. The van der Waals surface area contributed by atoms with Crippen LogP contribution in [0.1, 0.15) is 5.56 Å². The topological polar surface area (TPSA) is 63.3 Å². The maximum absolute atomic E-state index is 10.4. The van der Waals surface area contributed by atoms with Gasteiger partial charge in [-0.15, -0.1) is 0 Å². The number of carbonyl (C=O) groups is 1. The highest BCUT2D eigenvalue weighted by Gasteiger charge is 2.10. The summed E-state index contributed by atoms with van der Waals surface area (Å²) in [6.45, 7) is 0. The van der Waals surface area contributed by atoms with Crippen LogP contribution in [0.5, 0.6) is 0 Å². The minimum atomic E-state index is -0.959. The molecule has 1 aromatic rings. The molecule has 1 rings (SSSR count). The smallest absolute Gasteiger partial charge is 0.320 e. The average molecular weight is 195 g/mol. The molecule has 3 N–H and O–H groups in total. The SMILES string of the molecule is N[C@@H](Cc1ccccc1)C(=O)O.[AlH3]. The van der Waals surface area contributed by atoms with E-state index in [0.29, 0.717) is 6.42 Å². The van der Waals surface area contributed by atoms with Crippen LogP contribution in [0.15, 0.2) is 30.3 Å². The summed E-state index contributed by atoms with van der Waals surface area (Å²) >= 11 is 0. The number of rotatable bonds is 3. The Morgan fingerprint density at radius 1 is 1.38 bits per heavy atom. The molecule has 3 nitrogen and oxygen atoms in total. The Morgan fingerprint density at radius 3 is 2.38 bits per heavy atom. The van der Waals surface area contributed by atoms with E-state index in [-0.39, 0.29) is 17.4 Å². The fourth-order valence-electron chi connectivity index (χ4n) is 0.955. The maximum atomic E-state index is 10.4. The van der Waals surface area contributed by atoms with Crippen LogP contribution in [0.25, 0.3) is 0 Å². The van der Waals surface area contributed by atoms with Crippen molar-refractivity contribution in [2.45, 2.75) is 12.5 Å². The summed E-state index contributed by atoms with van der Waals surface area (Å²) in [5.41, 5.74) is 6.30.